The Bertz CT molecular complexity index is 785. The van der Waals surface area contributed by atoms with Crippen LogP contribution in [0, 0.1) is 5.92 Å². The molecular formula is C22H28N4O3. The summed E-state index contributed by atoms with van der Waals surface area (Å²) in [7, 11) is 0. The van der Waals surface area contributed by atoms with Crippen molar-refractivity contribution >= 4 is 11.7 Å². The molecule has 2 aliphatic rings. The lowest BCUT2D eigenvalue weighted by atomic mass is 9.87. The zero-order chi connectivity index (χ0) is 20.1. The molecule has 1 unspecified atom stereocenters. The van der Waals surface area contributed by atoms with Crippen LogP contribution in [0.2, 0.25) is 0 Å². The van der Waals surface area contributed by atoms with Crippen molar-refractivity contribution in [2.45, 2.75) is 31.8 Å². The molecule has 0 aliphatic carbocycles. The maximum absolute atomic E-state index is 12.5. The summed E-state index contributed by atoms with van der Waals surface area (Å²) in [5.74, 6) is 1.35. The summed E-state index contributed by atoms with van der Waals surface area (Å²) in [6.07, 6.45) is 3.47. The predicted molar refractivity (Wildman–Crippen MR) is 110 cm³/mol. The maximum atomic E-state index is 12.5. The molecule has 0 bridgehead atoms. The number of anilines is 1. The number of ether oxygens (including phenoxy) is 1. The molecule has 2 aliphatic heterocycles. The van der Waals surface area contributed by atoms with Crippen molar-refractivity contribution in [2.24, 2.45) is 5.92 Å². The molecule has 7 nitrogen and oxygen atoms in total. The van der Waals surface area contributed by atoms with Crippen LogP contribution in [0.25, 0.3) is 0 Å². The van der Waals surface area contributed by atoms with Gasteiger partial charge in [-0.3, -0.25) is 4.79 Å². The third-order valence-electron chi connectivity index (χ3n) is 5.88. The zero-order valence-corrected chi connectivity index (χ0v) is 16.6. The van der Waals surface area contributed by atoms with Gasteiger partial charge in [0, 0.05) is 32.2 Å². The maximum Gasteiger partial charge on any atom is 0.260 e. The third-order valence-corrected chi connectivity index (χ3v) is 5.88. The van der Waals surface area contributed by atoms with Gasteiger partial charge in [0.2, 0.25) is 5.88 Å². The van der Waals surface area contributed by atoms with Gasteiger partial charge in [0.1, 0.15) is 0 Å². The van der Waals surface area contributed by atoms with Crippen LogP contribution in [0.3, 0.4) is 0 Å². The topological polar surface area (TPSA) is 78.8 Å². The van der Waals surface area contributed by atoms with E-state index in [0.717, 1.165) is 37.3 Å². The lowest BCUT2D eigenvalue weighted by molar-refractivity contribution is -0.135. The van der Waals surface area contributed by atoms with Crippen LogP contribution in [0.4, 0.5) is 5.82 Å². The fourth-order valence-corrected chi connectivity index (χ4v) is 4.12. The third kappa shape index (κ3) is 4.85. The number of carbonyl (C=O) groups is 1. The van der Waals surface area contributed by atoms with Crippen LogP contribution in [0.5, 0.6) is 5.88 Å². The van der Waals surface area contributed by atoms with Gasteiger partial charge in [-0.25, -0.2) is 0 Å². The van der Waals surface area contributed by atoms with Crippen LogP contribution in [0.1, 0.15) is 37.4 Å². The van der Waals surface area contributed by atoms with Gasteiger partial charge < -0.3 is 19.6 Å². The SMILES string of the molecule is O=C(COc1ccc(N2CCCC2)nn1)N1CCC(C(O)c2ccccc2)CC1. The van der Waals surface area contributed by atoms with Gasteiger partial charge in [-0.05, 0) is 43.2 Å². The summed E-state index contributed by atoms with van der Waals surface area (Å²) in [6.45, 7) is 3.26. The average Bonchev–Trinajstić information content (AvgIpc) is 3.33. The highest BCUT2D eigenvalue weighted by Gasteiger charge is 2.28. The Balaban J connectivity index is 1.23. The van der Waals surface area contributed by atoms with Gasteiger partial charge >= 0.3 is 0 Å². The number of amides is 1. The Morgan fingerprint density at radius 2 is 1.76 bits per heavy atom. The first-order valence-corrected chi connectivity index (χ1v) is 10.4. The van der Waals surface area contributed by atoms with E-state index in [4.69, 9.17) is 4.74 Å². The number of benzene rings is 1. The minimum Gasteiger partial charge on any atom is -0.466 e. The van der Waals surface area contributed by atoms with Crippen molar-refractivity contribution in [3.05, 3.63) is 48.0 Å². The van der Waals surface area contributed by atoms with Crippen molar-refractivity contribution in [3.63, 3.8) is 0 Å². The number of aromatic nitrogens is 2. The highest BCUT2D eigenvalue weighted by molar-refractivity contribution is 5.77. The second kappa shape index (κ2) is 9.22. The Morgan fingerprint density at radius 3 is 2.41 bits per heavy atom. The van der Waals surface area contributed by atoms with E-state index in [1.54, 1.807) is 11.0 Å². The summed E-state index contributed by atoms with van der Waals surface area (Å²) in [5, 5.41) is 18.9. The van der Waals surface area contributed by atoms with Crippen LogP contribution >= 0.6 is 0 Å². The molecule has 7 heteroatoms. The number of hydrogen-bond acceptors (Lipinski definition) is 6. The minimum atomic E-state index is -0.478. The Morgan fingerprint density at radius 1 is 1.03 bits per heavy atom. The van der Waals surface area contributed by atoms with Crippen LogP contribution in [-0.4, -0.2) is 58.9 Å². The molecule has 0 spiro atoms. The number of hydrogen-bond donors (Lipinski definition) is 1. The molecule has 4 rings (SSSR count). The second-order valence-electron chi connectivity index (χ2n) is 7.79. The fourth-order valence-electron chi connectivity index (χ4n) is 4.12. The zero-order valence-electron chi connectivity index (χ0n) is 16.6. The summed E-state index contributed by atoms with van der Waals surface area (Å²) in [5.41, 5.74) is 0.941. The lowest BCUT2D eigenvalue weighted by Gasteiger charge is -2.34. The molecule has 2 aromatic rings. The molecule has 0 radical (unpaired) electrons. The van der Waals surface area contributed by atoms with E-state index in [1.165, 1.54) is 12.8 Å². The van der Waals surface area contributed by atoms with Gasteiger partial charge in [0.25, 0.3) is 5.91 Å². The number of piperidine rings is 1. The van der Waals surface area contributed by atoms with Gasteiger partial charge in [0.15, 0.2) is 12.4 Å². The van der Waals surface area contributed by atoms with Crippen molar-refractivity contribution in [1.82, 2.24) is 15.1 Å². The summed E-state index contributed by atoms with van der Waals surface area (Å²) in [6, 6.07) is 13.4. The monoisotopic (exact) mass is 396 g/mol. The minimum absolute atomic E-state index is 0.0380. The normalized spacial score (nSPS) is 18.7. The van der Waals surface area contributed by atoms with E-state index in [-0.39, 0.29) is 18.4 Å². The number of aliphatic hydroxyl groups is 1. The second-order valence-corrected chi connectivity index (χ2v) is 7.79. The molecule has 1 aromatic carbocycles. The van der Waals surface area contributed by atoms with Gasteiger partial charge in [-0.2, -0.15) is 0 Å². The van der Waals surface area contributed by atoms with Crippen molar-refractivity contribution in [2.75, 3.05) is 37.7 Å². The van der Waals surface area contributed by atoms with E-state index >= 15 is 0 Å². The number of rotatable bonds is 6. The first kappa shape index (κ1) is 19.6. The highest BCUT2D eigenvalue weighted by Crippen LogP contribution is 2.30. The molecule has 0 saturated carbocycles. The van der Waals surface area contributed by atoms with E-state index in [1.807, 2.05) is 36.4 Å². The Hall–Kier alpha value is -2.67. The largest absolute Gasteiger partial charge is 0.466 e. The van der Waals surface area contributed by atoms with Crippen LogP contribution in [-0.2, 0) is 4.79 Å². The molecule has 1 N–H and O–H groups in total. The first-order chi connectivity index (χ1) is 14.2. The molecule has 2 fully saturated rings. The molecule has 3 heterocycles. The Labute approximate surface area is 171 Å². The van der Waals surface area contributed by atoms with Crippen LogP contribution < -0.4 is 9.64 Å². The fraction of sp³-hybridized carbons (Fsp3) is 0.500. The molecule has 1 amide bonds. The quantitative estimate of drug-likeness (QED) is 0.808. The van der Waals surface area contributed by atoms with Gasteiger partial charge in [-0.15, -0.1) is 10.2 Å². The Kier molecular flexibility index (Phi) is 6.24. The molecule has 1 atom stereocenters. The van der Waals surface area contributed by atoms with E-state index < -0.39 is 6.10 Å². The van der Waals surface area contributed by atoms with E-state index in [2.05, 4.69) is 15.1 Å². The molecule has 154 valence electrons. The van der Waals surface area contributed by atoms with Crippen LogP contribution in [0.15, 0.2) is 42.5 Å². The summed E-state index contributed by atoms with van der Waals surface area (Å²) >= 11 is 0. The standard InChI is InChI=1S/C22H28N4O3/c27-21(16-29-20-9-8-19(23-24-20)25-12-4-5-13-25)26-14-10-18(11-15-26)22(28)17-6-2-1-3-7-17/h1-3,6-9,18,22,28H,4-5,10-16H2. The van der Waals surface area contributed by atoms with Crippen molar-refractivity contribution < 1.29 is 14.6 Å². The van der Waals surface area contributed by atoms with Crippen molar-refractivity contribution in [3.8, 4) is 5.88 Å². The summed E-state index contributed by atoms with van der Waals surface area (Å²) < 4.78 is 5.55. The summed E-state index contributed by atoms with van der Waals surface area (Å²) in [4.78, 5) is 16.5. The highest BCUT2D eigenvalue weighted by atomic mass is 16.5. The van der Waals surface area contributed by atoms with Gasteiger partial charge in [0.05, 0.1) is 6.10 Å². The van der Waals surface area contributed by atoms with E-state index in [9.17, 15) is 9.90 Å². The lowest BCUT2D eigenvalue weighted by Crippen LogP contribution is -2.42. The first-order valence-electron chi connectivity index (χ1n) is 10.4. The smallest absolute Gasteiger partial charge is 0.260 e. The number of nitrogens with zero attached hydrogens (tertiary/aromatic N) is 4. The number of carbonyl (C=O) groups excluding carboxylic acids is 1. The van der Waals surface area contributed by atoms with Gasteiger partial charge in [-0.1, -0.05) is 30.3 Å². The molecule has 1 aromatic heterocycles. The number of aliphatic hydroxyl groups excluding tert-OH is 1. The molecular weight excluding hydrogens is 368 g/mol. The molecule has 2 saturated heterocycles. The van der Waals surface area contributed by atoms with Crippen molar-refractivity contribution in [1.29, 1.82) is 0 Å². The van der Waals surface area contributed by atoms with E-state index in [0.29, 0.717) is 19.0 Å². The number of likely N-dealkylation sites (tertiary alicyclic amines) is 1. The molecule has 29 heavy (non-hydrogen) atoms. The predicted octanol–water partition coefficient (Wildman–Crippen LogP) is 2.43. The average molecular weight is 396 g/mol.